The van der Waals surface area contributed by atoms with Gasteiger partial charge in [-0.15, -0.1) is 0 Å². The predicted octanol–water partition coefficient (Wildman–Crippen LogP) is 2.55. The van der Waals surface area contributed by atoms with Crippen LogP contribution in [0.5, 0.6) is 0 Å². The van der Waals surface area contributed by atoms with Crippen molar-refractivity contribution in [1.29, 1.82) is 0 Å². The van der Waals surface area contributed by atoms with E-state index in [9.17, 15) is 9.18 Å². The number of hydrogen-bond acceptors (Lipinski definition) is 5. The number of aromatic nitrogens is 3. The van der Waals surface area contributed by atoms with Gasteiger partial charge in [-0.2, -0.15) is 0 Å². The number of halogens is 1. The highest BCUT2D eigenvalue weighted by molar-refractivity contribution is 5.60. The van der Waals surface area contributed by atoms with Gasteiger partial charge in [0.25, 0.3) is 5.56 Å². The van der Waals surface area contributed by atoms with Crippen LogP contribution in [0.4, 0.5) is 16.0 Å². The first-order chi connectivity index (χ1) is 14.1. The van der Waals surface area contributed by atoms with Gasteiger partial charge in [0.15, 0.2) is 5.82 Å². The summed E-state index contributed by atoms with van der Waals surface area (Å²) in [5.74, 6) is 1.17. The lowest BCUT2D eigenvalue weighted by Crippen LogP contribution is -2.33. The minimum atomic E-state index is -0.476. The van der Waals surface area contributed by atoms with Crippen molar-refractivity contribution in [2.24, 2.45) is 18.9 Å². The predicted molar refractivity (Wildman–Crippen MR) is 111 cm³/mol. The molecule has 7 heteroatoms. The van der Waals surface area contributed by atoms with Crippen molar-refractivity contribution >= 4 is 11.6 Å². The summed E-state index contributed by atoms with van der Waals surface area (Å²) in [6, 6.07) is 13.4. The molecule has 0 unspecified atom stereocenters. The highest BCUT2D eigenvalue weighted by Crippen LogP contribution is 2.35. The maximum Gasteiger partial charge on any atom is 0.255 e. The Morgan fingerprint density at radius 1 is 1.00 bits per heavy atom. The highest BCUT2D eigenvalue weighted by Gasteiger charge is 2.41. The lowest BCUT2D eigenvalue weighted by atomic mass is 10.0. The monoisotopic (exact) mass is 391 g/mol. The topological polar surface area (TPSA) is 54.3 Å². The summed E-state index contributed by atoms with van der Waals surface area (Å²) in [5, 5.41) is 0. The number of hydrogen-bond donors (Lipinski definition) is 0. The minimum Gasteiger partial charge on any atom is -0.371 e. The second-order valence-corrected chi connectivity index (χ2v) is 7.86. The summed E-state index contributed by atoms with van der Waals surface area (Å²) in [6.07, 6.45) is 2.65. The van der Waals surface area contributed by atoms with Crippen LogP contribution in [-0.4, -0.2) is 40.7 Å². The Labute approximate surface area is 168 Å². The van der Waals surface area contributed by atoms with Gasteiger partial charge in [-0.05, 0) is 18.2 Å². The van der Waals surface area contributed by atoms with E-state index in [1.54, 1.807) is 17.7 Å². The zero-order chi connectivity index (χ0) is 20.0. The summed E-state index contributed by atoms with van der Waals surface area (Å²) in [4.78, 5) is 25.6. The molecule has 2 aliphatic rings. The molecule has 4 heterocycles. The molecule has 0 spiro atoms. The first kappa shape index (κ1) is 17.8. The molecule has 5 rings (SSSR count). The van der Waals surface area contributed by atoms with Crippen molar-refractivity contribution in [3.8, 4) is 11.3 Å². The quantitative estimate of drug-likeness (QED) is 0.687. The summed E-state index contributed by atoms with van der Waals surface area (Å²) in [7, 11) is 1.72. The van der Waals surface area contributed by atoms with Crippen LogP contribution in [-0.2, 0) is 7.05 Å². The van der Waals surface area contributed by atoms with Crippen molar-refractivity contribution in [1.82, 2.24) is 14.5 Å². The van der Waals surface area contributed by atoms with Crippen LogP contribution in [0.15, 0.2) is 59.7 Å². The van der Waals surface area contributed by atoms with Gasteiger partial charge in [0, 0.05) is 68.6 Å². The van der Waals surface area contributed by atoms with E-state index >= 15 is 0 Å². The van der Waals surface area contributed by atoms with E-state index in [4.69, 9.17) is 0 Å². The fourth-order valence-electron chi connectivity index (χ4n) is 4.54. The Balaban J connectivity index is 1.41. The van der Waals surface area contributed by atoms with Gasteiger partial charge in [-0.1, -0.05) is 18.2 Å². The second-order valence-electron chi connectivity index (χ2n) is 7.86. The molecule has 2 saturated heterocycles. The number of nitrogens with zero attached hydrogens (tertiary/aromatic N) is 5. The first-order valence-corrected chi connectivity index (χ1v) is 9.83. The van der Waals surface area contributed by atoms with E-state index in [2.05, 4.69) is 44.0 Å². The van der Waals surface area contributed by atoms with Gasteiger partial charge in [-0.3, -0.25) is 14.3 Å². The Morgan fingerprint density at radius 2 is 1.69 bits per heavy atom. The van der Waals surface area contributed by atoms with E-state index in [0.717, 1.165) is 32.4 Å². The molecule has 0 bridgehead atoms. The molecule has 0 aliphatic carbocycles. The zero-order valence-corrected chi connectivity index (χ0v) is 16.2. The third kappa shape index (κ3) is 3.16. The summed E-state index contributed by atoms with van der Waals surface area (Å²) < 4.78 is 15.7. The van der Waals surface area contributed by atoms with Crippen molar-refractivity contribution < 1.29 is 4.39 Å². The lowest BCUT2D eigenvalue weighted by molar-refractivity contribution is 0.533. The van der Waals surface area contributed by atoms with Crippen LogP contribution in [0.1, 0.15) is 0 Å². The first-order valence-electron chi connectivity index (χ1n) is 9.83. The fraction of sp³-hybridized carbons (Fsp3) is 0.318. The molecule has 2 fully saturated rings. The molecular formula is C22H22FN5O. The van der Waals surface area contributed by atoms with E-state index in [0.29, 0.717) is 29.0 Å². The van der Waals surface area contributed by atoms with E-state index in [1.165, 1.54) is 18.0 Å². The minimum absolute atomic E-state index is 0.191. The molecular weight excluding hydrogens is 369 g/mol. The molecule has 6 nitrogen and oxygen atoms in total. The average Bonchev–Trinajstić information content (AvgIpc) is 3.30. The van der Waals surface area contributed by atoms with E-state index in [1.807, 2.05) is 6.07 Å². The largest absolute Gasteiger partial charge is 0.371 e. The van der Waals surface area contributed by atoms with Crippen LogP contribution in [0.3, 0.4) is 0 Å². The number of rotatable bonds is 3. The average molecular weight is 391 g/mol. The van der Waals surface area contributed by atoms with Crippen LogP contribution in [0.2, 0.25) is 0 Å². The summed E-state index contributed by atoms with van der Waals surface area (Å²) in [5.41, 5.74) is 1.72. The van der Waals surface area contributed by atoms with E-state index < -0.39 is 5.82 Å². The number of benzene rings is 1. The Bertz CT molecular complexity index is 1090. The molecule has 148 valence electrons. The Kier molecular flexibility index (Phi) is 4.30. The van der Waals surface area contributed by atoms with Gasteiger partial charge in [0.05, 0.1) is 11.9 Å². The summed E-state index contributed by atoms with van der Waals surface area (Å²) in [6.45, 7) is 3.68. The number of para-hydroxylation sites is 1. The standard InChI is InChI=1S/C22H22FN5O/c1-26-21(29)9-20(18-7-8-24-10-19(18)23)25-22(26)28-13-15-11-27(12-16(15)14-28)17-5-3-2-4-6-17/h2-10,15-16H,11-14H2,1H3/t15-,16+. The van der Waals surface area contributed by atoms with E-state index in [-0.39, 0.29) is 5.56 Å². The van der Waals surface area contributed by atoms with Crippen LogP contribution in [0, 0.1) is 17.7 Å². The molecule has 3 aromatic rings. The fourth-order valence-corrected chi connectivity index (χ4v) is 4.54. The van der Waals surface area contributed by atoms with Gasteiger partial charge in [0.2, 0.25) is 5.95 Å². The molecule has 2 aromatic heterocycles. The van der Waals surface area contributed by atoms with Crippen molar-refractivity contribution in [3.63, 3.8) is 0 Å². The second kappa shape index (κ2) is 6.99. The molecule has 0 radical (unpaired) electrons. The van der Waals surface area contributed by atoms with Crippen molar-refractivity contribution in [2.45, 2.75) is 0 Å². The molecule has 0 N–H and O–H groups in total. The molecule has 2 aliphatic heterocycles. The SMILES string of the molecule is Cn1c(N2C[C@H]3CN(c4ccccc4)C[C@H]3C2)nc(-c2ccncc2F)cc1=O. The van der Waals surface area contributed by atoms with Crippen molar-refractivity contribution in [3.05, 3.63) is 71.0 Å². The van der Waals surface area contributed by atoms with Gasteiger partial charge < -0.3 is 9.80 Å². The molecule has 1 aromatic carbocycles. The van der Waals surface area contributed by atoms with Crippen LogP contribution < -0.4 is 15.4 Å². The molecule has 29 heavy (non-hydrogen) atoms. The van der Waals surface area contributed by atoms with Gasteiger partial charge in [-0.25, -0.2) is 9.37 Å². The normalized spacial score (nSPS) is 20.9. The smallest absolute Gasteiger partial charge is 0.255 e. The number of fused-ring (bicyclic) bond motifs is 1. The summed E-state index contributed by atoms with van der Waals surface area (Å²) >= 11 is 0. The van der Waals surface area contributed by atoms with Gasteiger partial charge >= 0.3 is 0 Å². The molecule has 0 amide bonds. The number of pyridine rings is 1. The molecule has 0 saturated carbocycles. The van der Waals surface area contributed by atoms with Crippen molar-refractivity contribution in [2.75, 3.05) is 36.0 Å². The van der Waals surface area contributed by atoms with Gasteiger partial charge in [0.1, 0.15) is 0 Å². The zero-order valence-electron chi connectivity index (χ0n) is 16.2. The maximum atomic E-state index is 14.2. The third-order valence-corrected chi connectivity index (χ3v) is 6.05. The van der Waals surface area contributed by atoms with Crippen LogP contribution >= 0.6 is 0 Å². The molecule has 2 atom stereocenters. The Hall–Kier alpha value is -3.22. The Morgan fingerprint density at radius 3 is 2.38 bits per heavy atom. The van der Waals surface area contributed by atoms with Crippen LogP contribution in [0.25, 0.3) is 11.3 Å². The maximum absolute atomic E-state index is 14.2. The third-order valence-electron chi connectivity index (χ3n) is 6.05. The lowest BCUT2D eigenvalue weighted by Gasteiger charge is -2.25. The highest BCUT2D eigenvalue weighted by atomic mass is 19.1. The number of anilines is 2.